The molecule has 3 nitrogen and oxygen atoms in total. The van der Waals surface area contributed by atoms with Crippen LogP contribution in [0.4, 0.5) is 5.69 Å². The number of hydrogen-bond donors (Lipinski definition) is 1. The molecule has 0 saturated heterocycles. The van der Waals surface area contributed by atoms with Gasteiger partial charge in [-0.25, -0.2) is 4.79 Å². The molecular weight excluding hydrogens is 226 g/mol. The predicted octanol–water partition coefficient (Wildman–Crippen LogP) is 3.02. The van der Waals surface area contributed by atoms with Crippen molar-refractivity contribution in [3.8, 4) is 0 Å². The number of carboxylic acid groups (broad SMARTS) is 1. The Hall–Kier alpha value is -1.77. The van der Waals surface area contributed by atoms with Crippen LogP contribution in [0.25, 0.3) is 6.08 Å². The minimum atomic E-state index is -0.911. The zero-order valence-electron chi connectivity index (χ0n) is 10.7. The van der Waals surface area contributed by atoms with Gasteiger partial charge in [-0.15, -0.1) is 0 Å². The van der Waals surface area contributed by atoms with Crippen LogP contribution in [0.5, 0.6) is 0 Å². The van der Waals surface area contributed by atoms with Crippen LogP contribution in [0.1, 0.15) is 24.8 Å². The molecule has 0 heterocycles. The highest BCUT2D eigenvalue weighted by molar-refractivity contribution is 5.86. The van der Waals surface area contributed by atoms with Crippen molar-refractivity contribution in [2.45, 2.75) is 19.3 Å². The van der Waals surface area contributed by atoms with Crippen LogP contribution in [0, 0.1) is 5.92 Å². The Morgan fingerprint density at radius 3 is 2.78 bits per heavy atom. The Morgan fingerprint density at radius 1 is 1.44 bits per heavy atom. The van der Waals surface area contributed by atoms with Gasteiger partial charge in [0.2, 0.25) is 0 Å². The zero-order chi connectivity index (χ0) is 13.0. The minimum absolute atomic E-state index is 0.798. The van der Waals surface area contributed by atoms with Gasteiger partial charge in [0, 0.05) is 25.4 Å². The Kier molecular flexibility index (Phi) is 4.03. The first-order valence-corrected chi connectivity index (χ1v) is 6.38. The van der Waals surface area contributed by atoms with Gasteiger partial charge in [-0.1, -0.05) is 24.6 Å². The zero-order valence-corrected chi connectivity index (χ0v) is 10.7. The van der Waals surface area contributed by atoms with Gasteiger partial charge in [0.05, 0.1) is 0 Å². The molecule has 18 heavy (non-hydrogen) atoms. The Bertz CT molecular complexity index is 450. The summed E-state index contributed by atoms with van der Waals surface area (Å²) in [6, 6.07) is 7.92. The Labute approximate surface area is 108 Å². The fourth-order valence-corrected chi connectivity index (χ4v) is 2.30. The second-order valence-electron chi connectivity index (χ2n) is 4.91. The van der Waals surface area contributed by atoms with Crippen LogP contribution in [-0.2, 0) is 4.79 Å². The van der Waals surface area contributed by atoms with E-state index in [0.717, 1.165) is 23.7 Å². The van der Waals surface area contributed by atoms with E-state index in [0.29, 0.717) is 0 Å². The number of nitrogens with zero attached hydrogens (tertiary/aromatic N) is 1. The standard InChI is InChI=1S/C15H19NO2/c1-16(11-12-5-4-6-12)14-8-3-2-7-13(14)9-10-15(17)18/h2-3,7-10,12H,4-6,11H2,1H3,(H,17,18)/b10-9+. The van der Waals surface area contributed by atoms with Gasteiger partial charge >= 0.3 is 5.97 Å². The molecule has 0 bridgehead atoms. The molecule has 1 fully saturated rings. The monoisotopic (exact) mass is 245 g/mol. The summed E-state index contributed by atoms with van der Waals surface area (Å²) in [5, 5.41) is 8.70. The van der Waals surface area contributed by atoms with E-state index >= 15 is 0 Å². The van der Waals surface area contributed by atoms with E-state index in [9.17, 15) is 4.79 Å². The summed E-state index contributed by atoms with van der Waals surface area (Å²) in [4.78, 5) is 12.8. The lowest BCUT2D eigenvalue weighted by atomic mass is 9.85. The van der Waals surface area contributed by atoms with Crippen molar-refractivity contribution in [3.63, 3.8) is 0 Å². The average Bonchev–Trinajstić information content (AvgIpc) is 2.31. The summed E-state index contributed by atoms with van der Waals surface area (Å²) in [6.07, 6.45) is 6.83. The molecule has 0 spiro atoms. The molecule has 1 aliphatic carbocycles. The van der Waals surface area contributed by atoms with Crippen LogP contribution >= 0.6 is 0 Å². The number of hydrogen-bond acceptors (Lipinski definition) is 2. The van der Waals surface area contributed by atoms with E-state index in [1.807, 2.05) is 24.3 Å². The van der Waals surface area contributed by atoms with Gasteiger partial charge in [-0.05, 0) is 36.5 Å². The third-order valence-electron chi connectivity index (χ3n) is 3.51. The molecule has 0 aliphatic heterocycles. The second-order valence-corrected chi connectivity index (χ2v) is 4.91. The van der Waals surface area contributed by atoms with Gasteiger partial charge < -0.3 is 10.0 Å². The van der Waals surface area contributed by atoms with Crippen molar-refractivity contribution in [1.29, 1.82) is 0 Å². The van der Waals surface area contributed by atoms with E-state index in [1.54, 1.807) is 6.08 Å². The van der Waals surface area contributed by atoms with Crippen LogP contribution in [0.2, 0.25) is 0 Å². The first kappa shape index (κ1) is 12.7. The molecule has 0 unspecified atom stereocenters. The maximum Gasteiger partial charge on any atom is 0.328 e. The van der Waals surface area contributed by atoms with Gasteiger partial charge in [-0.2, -0.15) is 0 Å². The van der Waals surface area contributed by atoms with Crippen LogP contribution in [-0.4, -0.2) is 24.7 Å². The van der Waals surface area contributed by atoms with Crippen molar-refractivity contribution in [2.75, 3.05) is 18.5 Å². The third-order valence-corrected chi connectivity index (χ3v) is 3.51. The Morgan fingerprint density at radius 2 is 2.17 bits per heavy atom. The molecular formula is C15H19NO2. The summed E-state index contributed by atoms with van der Waals surface area (Å²) in [5.41, 5.74) is 2.06. The van der Waals surface area contributed by atoms with Crippen molar-refractivity contribution in [3.05, 3.63) is 35.9 Å². The van der Waals surface area contributed by atoms with E-state index in [1.165, 1.54) is 25.3 Å². The maximum atomic E-state index is 10.6. The topological polar surface area (TPSA) is 40.5 Å². The summed E-state index contributed by atoms with van der Waals surface area (Å²) in [7, 11) is 2.08. The van der Waals surface area contributed by atoms with Crippen molar-refractivity contribution >= 4 is 17.7 Å². The van der Waals surface area contributed by atoms with E-state index in [4.69, 9.17) is 5.11 Å². The molecule has 1 aliphatic rings. The molecule has 0 amide bonds. The fourth-order valence-electron chi connectivity index (χ4n) is 2.30. The summed E-state index contributed by atoms with van der Waals surface area (Å²) in [6.45, 7) is 1.05. The Balaban J connectivity index is 2.12. The highest BCUT2D eigenvalue weighted by Crippen LogP contribution is 2.29. The van der Waals surface area contributed by atoms with Gasteiger partial charge in [-0.3, -0.25) is 0 Å². The first-order valence-electron chi connectivity index (χ1n) is 6.38. The number of para-hydroxylation sites is 1. The molecule has 1 saturated carbocycles. The number of anilines is 1. The number of rotatable bonds is 5. The molecule has 0 atom stereocenters. The van der Waals surface area contributed by atoms with E-state index in [-0.39, 0.29) is 0 Å². The quantitative estimate of drug-likeness (QED) is 0.811. The first-order chi connectivity index (χ1) is 8.66. The summed E-state index contributed by atoms with van der Waals surface area (Å²) < 4.78 is 0. The van der Waals surface area contributed by atoms with Gasteiger partial charge in [0.1, 0.15) is 0 Å². The molecule has 3 heteroatoms. The SMILES string of the molecule is CN(CC1CCC1)c1ccccc1/C=C/C(=O)O. The fraction of sp³-hybridized carbons (Fsp3) is 0.400. The van der Waals surface area contributed by atoms with E-state index < -0.39 is 5.97 Å². The lowest BCUT2D eigenvalue weighted by Gasteiger charge is -2.32. The molecule has 1 N–H and O–H groups in total. The second kappa shape index (κ2) is 5.71. The molecule has 1 aromatic carbocycles. The van der Waals surface area contributed by atoms with E-state index in [2.05, 4.69) is 11.9 Å². The van der Waals surface area contributed by atoms with Crippen LogP contribution in [0.15, 0.2) is 30.3 Å². The van der Waals surface area contributed by atoms with Gasteiger partial charge in [0.15, 0.2) is 0 Å². The summed E-state index contributed by atoms with van der Waals surface area (Å²) in [5.74, 6) is -0.113. The number of aliphatic carboxylic acids is 1. The molecule has 0 aromatic heterocycles. The molecule has 96 valence electrons. The predicted molar refractivity (Wildman–Crippen MR) is 73.7 cm³/mol. The van der Waals surface area contributed by atoms with Crippen LogP contribution < -0.4 is 4.90 Å². The average molecular weight is 245 g/mol. The normalized spacial score (nSPS) is 15.6. The van der Waals surface area contributed by atoms with Crippen molar-refractivity contribution < 1.29 is 9.90 Å². The number of carboxylic acids is 1. The smallest absolute Gasteiger partial charge is 0.328 e. The number of benzene rings is 1. The largest absolute Gasteiger partial charge is 0.478 e. The highest BCUT2D eigenvalue weighted by atomic mass is 16.4. The molecule has 2 rings (SSSR count). The summed E-state index contributed by atoms with van der Waals surface area (Å²) >= 11 is 0. The third kappa shape index (κ3) is 3.13. The van der Waals surface area contributed by atoms with Crippen molar-refractivity contribution in [2.24, 2.45) is 5.92 Å². The maximum absolute atomic E-state index is 10.6. The van der Waals surface area contributed by atoms with Crippen LogP contribution in [0.3, 0.4) is 0 Å². The minimum Gasteiger partial charge on any atom is -0.478 e. The van der Waals surface area contributed by atoms with Crippen molar-refractivity contribution in [1.82, 2.24) is 0 Å². The molecule has 0 radical (unpaired) electrons. The lowest BCUT2D eigenvalue weighted by molar-refractivity contribution is -0.131. The molecule has 1 aromatic rings. The number of carbonyl (C=O) groups is 1. The van der Waals surface area contributed by atoms with Gasteiger partial charge in [0.25, 0.3) is 0 Å². The highest BCUT2D eigenvalue weighted by Gasteiger charge is 2.19. The lowest BCUT2D eigenvalue weighted by Crippen LogP contribution is -2.29.